The predicted molar refractivity (Wildman–Crippen MR) is 110 cm³/mol. The fourth-order valence-corrected chi connectivity index (χ4v) is 4.23. The number of nitrogens with one attached hydrogen (secondary N) is 1. The molecule has 1 amide bonds. The third kappa shape index (κ3) is 4.06. The molecule has 4 nitrogen and oxygen atoms in total. The highest BCUT2D eigenvalue weighted by Crippen LogP contribution is 2.42. The Morgan fingerprint density at radius 1 is 1.22 bits per heavy atom. The Balaban J connectivity index is 1.48. The summed E-state index contributed by atoms with van der Waals surface area (Å²) in [7, 11) is 0. The number of rotatable bonds is 6. The van der Waals surface area contributed by atoms with Gasteiger partial charge in [0.25, 0.3) is 5.91 Å². The molecule has 3 aromatic rings. The minimum Gasteiger partial charge on any atom is -0.487 e. The quantitative estimate of drug-likeness (QED) is 0.563. The van der Waals surface area contributed by atoms with Gasteiger partial charge in [0.15, 0.2) is 0 Å². The zero-order valence-corrected chi connectivity index (χ0v) is 17.1. The number of thiazole rings is 1. The average molecular weight is 443 g/mol. The first-order valence-corrected chi connectivity index (χ1v) is 10.6. The summed E-state index contributed by atoms with van der Waals surface area (Å²) in [5, 5.41) is 5.21. The summed E-state index contributed by atoms with van der Waals surface area (Å²) < 4.78 is 6.80. The smallest absolute Gasteiger partial charge is 0.252 e. The van der Waals surface area contributed by atoms with E-state index >= 15 is 0 Å². The number of carbonyl (C=O) groups excluding carboxylic acids is 1. The van der Waals surface area contributed by atoms with E-state index in [4.69, 9.17) is 4.74 Å². The van der Waals surface area contributed by atoms with Gasteiger partial charge in [-0.3, -0.25) is 4.79 Å². The highest BCUT2D eigenvalue weighted by Gasteiger charge is 2.40. The van der Waals surface area contributed by atoms with E-state index in [-0.39, 0.29) is 11.4 Å². The van der Waals surface area contributed by atoms with E-state index in [0.717, 1.165) is 35.0 Å². The summed E-state index contributed by atoms with van der Waals surface area (Å²) in [6.07, 6.45) is 3.02. The molecule has 1 N–H and O–H groups in total. The van der Waals surface area contributed by atoms with Crippen molar-refractivity contribution >= 4 is 33.2 Å². The normalized spacial score (nSPS) is 15.0. The van der Waals surface area contributed by atoms with Crippen molar-refractivity contribution in [3.63, 3.8) is 0 Å². The number of halogens is 1. The fraction of sp³-hybridized carbons (Fsp3) is 0.238. The van der Waals surface area contributed by atoms with E-state index in [9.17, 15) is 4.79 Å². The van der Waals surface area contributed by atoms with Gasteiger partial charge in [-0.2, -0.15) is 0 Å². The monoisotopic (exact) mass is 442 g/mol. The molecule has 27 heavy (non-hydrogen) atoms. The summed E-state index contributed by atoms with van der Waals surface area (Å²) in [5.74, 6) is 0.592. The largest absolute Gasteiger partial charge is 0.487 e. The van der Waals surface area contributed by atoms with Gasteiger partial charge in [0, 0.05) is 15.4 Å². The summed E-state index contributed by atoms with van der Waals surface area (Å²) in [5.41, 5.74) is 4.14. The molecule has 0 unspecified atom stereocenters. The summed E-state index contributed by atoms with van der Waals surface area (Å²) in [4.78, 5) is 17.1. The van der Waals surface area contributed by atoms with E-state index in [1.165, 1.54) is 11.3 Å². The first kappa shape index (κ1) is 18.2. The van der Waals surface area contributed by atoms with Crippen LogP contribution >= 0.6 is 27.3 Å². The predicted octanol–water partition coefficient (Wildman–Crippen LogP) is 5.29. The maximum atomic E-state index is 12.9. The number of amides is 1. The minimum atomic E-state index is -0.279. The minimum absolute atomic E-state index is 0.0752. The lowest BCUT2D eigenvalue weighted by Gasteiger charge is -2.43. The van der Waals surface area contributed by atoms with E-state index in [0.29, 0.717) is 17.9 Å². The van der Waals surface area contributed by atoms with Crippen LogP contribution < -0.4 is 10.1 Å². The summed E-state index contributed by atoms with van der Waals surface area (Å²) in [6.45, 7) is 0.399. The topological polar surface area (TPSA) is 51.2 Å². The number of hydrogen-bond acceptors (Lipinski definition) is 4. The van der Waals surface area contributed by atoms with Crippen molar-refractivity contribution in [3.05, 3.63) is 80.7 Å². The van der Waals surface area contributed by atoms with Gasteiger partial charge in [0.05, 0.1) is 16.7 Å². The molecule has 1 aliphatic carbocycles. The molecule has 2 aromatic carbocycles. The molecule has 1 fully saturated rings. The molecule has 1 aliphatic rings. The molecule has 0 saturated heterocycles. The van der Waals surface area contributed by atoms with Gasteiger partial charge in [0.2, 0.25) is 0 Å². The highest BCUT2D eigenvalue weighted by molar-refractivity contribution is 9.10. The van der Waals surface area contributed by atoms with Crippen LogP contribution in [0.4, 0.5) is 0 Å². The molecule has 4 rings (SSSR count). The van der Waals surface area contributed by atoms with Crippen LogP contribution in [0.5, 0.6) is 5.75 Å². The van der Waals surface area contributed by atoms with Crippen LogP contribution in [0.2, 0.25) is 0 Å². The van der Waals surface area contributed by atoms with Gasteiger partial charge in [-0.1, -0.05) is 34.1 Å². The molecule has 1 saturated carbocycles. The molecule has 1 heterocycles. The number of aromatic nitrogens is 1. The first-order valence-electron chi connectivity index (χ1n) is 8.83. The molecular weight excluding hydrogens is 424 g/mol. The second kappa shape index (κ2) is 7.82. The number of carbonyl (C=O) groups is 1. The van der Waals surface area contributed by atoms with Crippen molar-refractivity contribution in [3.8, 4) is 5.75 Å². The lowest BCUT2D eigenvalue weighted by molar-refractivity contribution is 0.0822. The van der Waals surface area contributed by atoms with Gasteiger partial charge in [-0.25, -0.2) is 4.98 Å². The van der Waals surface area contributed by atoms with E-state index < -0.39 is 0 Å². The van der Waals surface area contributed by atoms with Crippen molar-refractivity contribution in [2.75, 3.05) is 0 Å². The third-order valence-electron chi connectivity index (χ3n) is 4.90. The highest BCUT2D eigenvalue weighted by atomic mass is 79.9. The SMILES string of the molecule is O=C(NC1(c2cccc(Br)c2)CCC1)c1cccc(OCc2cscn2)c1. The van der Waals surface area contributed by atoms with E-state index in [1.54, 1.807) is 11.6 Å². The van der Waals surface area contributed by atoms with E-state index in [2.05, 4.69) is 38.4 Å². The fourth-order valence-electron chi connectivity index (χ4n) is 3.29. The Kier molecular flexibility index (Phi) is 5.27. The van der Waals surface area contributed by atoms with Gasteiger partial charge in [-0.15, -0.1) is 11.3 Å². The standard InChI is InChI=1S/C21H19BrN2O2S/c22-17-6-2-5-16(11-17)21(8-3-9-21)24-20(25)15-4-1-7-19(10-15)26-12-18-13-27-14-23-18/h1-2,4-7,10-11,13-14H,3,8-9,12H2,(H,24,25). The van der Waals surface area contributed by atoms with Crippen molar-refractivity contribution in [2.24, 2.45) is 0 Å². The van der Waals surface area contributed by atoms with Crippen LogP contribution in [0, 0.1) is 0 Å². The van der Waals surface area contributed by atoms with Crippen LogP contribution in [-0.4, -0.2) is 10.9 Å². The van der Waals surface area contributed by atoms with Crippen LogP contribution in [0.25, 0.3) is 0 Å². The molecule has 0 aliphatic heterocycles. The van der Waals surface area contributed by atoms with Crippen molar-refractivity contribution in [2.45, 2.75) is 31.4 Å². The molecule has 0 atom stereocenters. The van der Waals surface area contributed by atoms with Gasteiger partial charge >= 0.3 is 0 Å². The Labute approximate surface area is 170 Å². The Morgan fingerprint density at radius 2 is 2.07 bits per heavy atom. The Morgan fingerprint density at radius 3 is 2.78 bits per heavy atom. The lowest BCUT2D eigenvalue weighted by atomic mass is 9.71. The molecule has 6 heteroatoms. The molecule has 138 valence electrons. The van der Waals surface area contributed by atoms with Gasteiger partial charge < -0.3 is 10.1 Å². The lowest BCUT2D eigenvalue weighted by Crippen LogP contribution is -2.50. The maximum Gasteiger partial charge on any atom is 0.252 e. The summed E-state index contributed by atoms with van der Waals surface area (Å²) >= 11 is 5.07. The summed E-state index contributed by atoms with van der Waals surface area (Å²) in [6, 6.07) is 15.5. The van der Waals surface area contributed by atoms with Crippen molar-refractivity contribution in [1.82, 2.24) is 10.3 Å². The number of hydrogen-bond donors (Lipinski definition) is 1. The van der Waals surface area contributed by atoms with Crippen molar-refractivity contribution < 1.29 is 9.53 Å². The number of ether oxygens (including phenoxy) is 1. The Hall–Kier alpha value is -2.18. The van der Waals surface area contributed by atoms with Crippen LogP contribution in [-0.2, 0) is 12.1 Å². The van der Waals surface area contributed by atoms with Crippen molar-refractivity contribution in [1.29, 1.82) is 0 Å². The zero-order valence-electron chi connectivity index (χ0n) is 14.7. The van der Waals surface area contributed by atoms with Crippen LogP contribution in [0.15, 0.2) is 63.9 Å². The number of nitrogens with zero attached hydrogens (tertiary/aromatic N) is 1. The third-order valence-corrected chi connectivity index (χ3v) is 6.03. The van der Waals surface area contributed by atoms with E-state index in [1.807, 2.05) is 35.7 Å². The van der Waals surface area contributed by atoms with Gasteiger partial charge in [0.1, 0.15) is 12.4 Å². The molecule has 1 aromatic heterocycles. The second-order valence-electron chi connectivity index (χ2n) is 6.70. The average Bonchev–Trinajstić information content (AvgIpc) is 3.17. The van der Waals surface area contributed by atoms with Crippen LogP contribution in [0.3, 0.4) is 0 Å². The molecule has 0 radical (unpaired) electrons. The zero-order chi connectivity index (χ0) is 18.7. The maximum absolute atomic E-state index is 12.9. The Bertz CT molecular complexity index is 939. The molecule has 0 spiro atoms. The second-order valence-corrected chi connectivity index (χ2v) is 8.33. The molecular formula is C21H19BrN2O2S. The van der Waals surface area contributed by atoms with Gasteiger partial charge in [-0.05, 0) is 55.2 Å². The number of benzene rings is 2. The molecule has 0 bridgehead atoms. The van der Waals surface area contributed by atoms with Crippen LogP contribution in [0.1, 0.15) is 40.9 Å². The first-order chi connectivity index (χ1) is 13.1.